The molecule has 0 aromatic heterocycles. The summed E-state index contributed by atoms with van der Waals surface area (Å²) < 4.78 is 0. The lowest BCUT2D eigenvalue weighted by Crippen LogP contribution is -2.49. The van der Waals surface area contributed by atoms with Gasteiger partial charge in [-0.05, 0) is 61.1 Å². The van der Waals surface area contributed by atoms with Gasteiger partial charge in [0.25, 0.3) is 0 Å². The molecule has 2 amide bonds. The zero-order valence-electron chi connectivity index (χ0n) is 19.6. The third-order valence-corrected chi connectivity index (χ3v) is 8.06. The summed E-state index contributed by atoms with van der Waals surface area (Å²) in [4.78, 5) is 30.6. The van der Waals surface area contributed by atoms with Gasteiger partial charge in [-0.15, -0.1) is 0 Å². The lowest BCUT2D eigenvalue weighted by Gasteiger charge is -2.44. The third kappa shape index (κ3) is 4.71. The highest BCUT2D eigenvalue weighted by Crippen LogP contribution is 2.37. The Morgan fingerprint density at radius 2 is 1.45 bits per heavy atom. The molecule has 2 heterocycles. The second-order valence-electron chi connectivity index (χ2n) is 10.0. The van der Waals surface area contributed by atoms with Crippen LogP contribution >= 0.6 is 0 Å². The fourth-order valence-electron chi connectivity index (χ4n) is 6.44. The zero-order valence-corrected chi connectivity index (χ0v) is 19.6. The second kappa shape index (κ2) is 10.1. The van der Waals surface area contributed by atoms with Crippen LogP contribution in [-0.4, -0.2) is 40.7 Å². The van der Waals surface area contributed by atoms with Crippen molar-refractivity contribution in [3.05, 3.63) is 71.3 Å². The lowest BCUT2D eigenvalue weighted by molar-refractivity contribution is -0.138. The van der Waals surface area contributed by atoms with Gasteiger partial charge in [-0.1, -0.05) is 67.4 Å². The SMILES string of the molecule is O=C(CCCC(=O)N1CCc2ccccc2[C@H]1c1ccccc1)N1CCCC2CCCCC21. The van der Waals surface area contributed by atoms with Crippen LogP contribution in [0, 0.1) is 5.92 Å². The Labute approximate surface area is 198 Å². The Bertz CT molecular complexity index is 971. The Balaban J connectivity index is 1.23. The molecule has 1 saturated carbocycles. The number of fused-ring (bicyclic) bond motifs is 2. The first-order valence-electron chi connectivity index (χ1n) is 12.9. The molecule has 174 valence electrons. The van der Waals surface area contributed by atoms with Crippen molar-refractivity contribution in [2.45, 2.75) is 76.3 Å². The summed E-state index contributed by atoms with van der Waals surface area (Å²) in [6.45, 7) is 1.65. The summed E-state index contributed by atoms with van der Waals surface area (Å²) in [5.41, 5.74) is 3.72. The van der Waals surface area contributed by atoms with Gasteiger partial charge in [0.15, 0.2) is 0 Å². The summed E-state index contributed by atoms with van der Waals surface area (Å²) in [6.07, 6.45) is 9.91. The Hall–Kier alpha value is -2.62. The predicted molar refractivity (Wildman–Crippen MR) is 131 cm³/mol. The number of nitrogens with zero attached hydrogens (tertiary/aromatic N) is 2. The number of hydrogen-bond acceptors (Lipinski definition) is 2. The zero-order chi connectivity index (χ0) is 22.6. The number of piperidine rings is 1. The van der Waals surface area contributed by atoms with Gasteiger partial charge in [0.1, 0.15) is 0 Å². The third-order valence-electron chi connectivity index (χ3n) is 8.06. The molecule has 2 aliphatic heterocycles. The van der Waals surface area contributed by atoms with Crippen molar-refractivity contribution in [3.8, 4) is 0 Å². The fourth-order valence-corrected chi connectivity index (χ4v) is 6.44. The van der Waals surface area contributed by atoms with Crippen LogP contribution in [-0.2, 0) is 16.0 Å². The second-order valence-corrected chi connectivity index (χ2v) is 10.0. The van der Waals surface area contributed by atoms with E-state index in [1.807, 2.05) is 23.1 Å². The van der Waals surface area contributed by atoms with E-state index in [1.54, 1.807) is 0 Å². The first-order chi connectivity index (χ1) is 16.2. The van der Waals surface area contributed by atoms with E-state index in [0.717, 1.165) is 31.5 Å². The molecule has 0 spiro atoms. The normalized spacial score (nSPS) is 24.7. The number of amides is 2. The van der Waals surface area contributed by atoms with Crippen LogP contribution in [0.4, 0.5) is 0 Å². The highest BCUT2D eigenvalue weighted by Gasteiger charge is 2.36. The molecule has 0 N–H and O–H groups in total. The predicted octanol–water partition coefficient (Wildman–Crippen LogP) is 5.51. The smallest absolute Gasteiger partial charge is 0.223 e. The molecule has 5 rings (SSSR count). The first kappa shape index (κ1) is 22.2. The minimum Gasteiger partial charge on any atom is -0.339 e. The molecule has 3 atom stereocenters. The quantitative estimate of drug-likeness (QED) is 0.610. The van der Waals surface area contributed by atoms with E-state index in [1.165, 1.54) is 43.2 Å². The average molecular weight is 445 g/mol. The van der Waals surface area contributed by atoms with Gasteiger partial charge in [0.2, 0.25) is 11.8 Å². The topological polar surface area (TPSA) is 40.6 Å². The highest BCUT2D eigenvalue weighted by molar-refractivity contribution is 5.80. The first-order valence-corrected chi connectivity index (χ1v) is 12.9. The van der Waals surface area contributed by atoms with Gasteiger partial charge in [0.05, 0.1) is 6.04 Å². The molecule has 33 heavy (non-hydrogen) atoms. The van der Waals surface area contributed by atoms with Gasteiger partial charge in [-0.2, -0.15) is 0 Å². The maximum atomic E-state index is 13.4. The van der Waals surface area contributed by atoms with E-state index < -0.39 is 0 Å². The highest BCUT2D eigenvalue weighted by atomic mass is 16.2. The van der Waals surface area contributed by atoms with Crippen LogP contribution in [0.2, 0.25) is 0 Å². The molecular weight excluding hydrogens is 408 g/mol. The molecule has 1 aliphatic carbocycles. The van der Waals surface area contributed by atoms with E-state index in [2.05, 4.69) is 41.3 Å². The monoisotopic (exact) mass is 444 g/mol. The van der Waals surface area contributed by atoms with Crippen molar-refractivity contribution >= 4 is 11.8 Å². The van der Waals surface area contributed by atoms with Crippen LogP contribution in [0.1, 0.15) is 80.5 Å². The van der Waals surface area contributed by atoms with Gasteiger partial charge in [-0.25, -0.2) is 0 Å². The number of carbonyl (C=O) groups is 2. The lowest BCUT2D eigenvalue weighted by atomic mass is 9.78. The van der Waals surface area contributed by atoms with E-state index in [9.17, 15) is 9.59 Å². The Kier molecular flexibility index (Phi) is 6.80. The molecule has 3 aliphatic rings. The molecule has 2 aromatic carbocycles. The molecule has 2 unspecified atom stereocenters. The molecular formula is C29H36N2O2. The van der Waals surface area contributed by atoms with Crippen molar-refractivity contribution < 1.29 is 9.59 Å². The molecule has 0 radical (unpaired) electrons. The minimum absolute atomic E-state index is 0.0376. The van der Waals surface area contributed by atoms with Crippen molar-refractivity contribution in [2.75, 3.05) is 13.1 Å². The number of likely N-dealkylation sites (tertiary alicyclic amines) is 1. The molecule has 4 heteroatoms. The fraction of sp³-hybridized carbons (Fsp3) is 0.517. The van der Waals surface area contributed by atoms with Crippen LogP contribution in [0.3, 0.4) is 0 Å². The standard InChI is InChI=1S/C29H36N2O2/c32-27(30-20-9-14-23-11-5-7-16-26(23)30)17-8-18-28(33)31-21-19-22-10-4-6-15-25(22)29(31)24-12-2-1-3-13-24/h1-4,6,10,12-13,15,23,26,29H,5,7-9,11,14,16-21H2/t23?,26?,29-/m1/s1. The van der Waals surface area contributed by atoms with Crippen LogP contribution < -0.4 is 0 Å². The number of rotatable bonds is 5. The van der Waals surface area contributed by atoms with Gasteiger partial charge in [0, 0.05) is 32.0 Å². The molecule has 2 fully saturated rings. The minimum atomic E-state index is -0.0376. The van der Waals surface area contributed by atoms with E-state index in [-0.39, 0.29) is 17.9 Å². The summed E-state index contributed by atoms with van der Waals surface area (Å²) in [5.74, 6) is 1.14. The summed E-state index contributed by atoms with van der Waals surface area (Å²) >= 11 is 0. The van der Waals surface area contributed by atoms with Crippen molar-refractivity contribution in [2.24, 2.45) is 5.92 Å². The number of hydrogen-bond donors (Lipinski definition) is 0. The molecule has 0 bridgehead atoms. The molecule has 4 nitrogen and oxygen atoms in total. The van der Waals surface area contributed by atoms with Crippen LogP contribution in [0.5, 0.6) is 0 Å². The van der Waals surface area contributed by atoms with Crippen molar-refractivity contribution in [1.29, 1.82) is 0 Å². The maximum absolute atomic E-state index is 13.4. The van der Waals surface area contributed by atoms with Crippen LogP contribution in [0.25, 0.3) is 0 Å². The number of carbonyl (C=O) groups excluding carboxylic acids is 2. The van der Waals surface area contributed by atoms with Crippen LogP contribution in [0.15, 0.2) is 54.6 Å². The number of benzene rings is 2. The summed E-state index contributed by atoms with van der Waals surface area (Å²) in [6, 6.07) is 19.3. The average Bonchev–Trinajstić information content (AvgIpc) is 2.88. The molecule has 1 saturated heterocycles. The van der Waals surface area contributed by atoms with Gasteiger partial charge < -0.3 is 9.80 Å². The van der Waals surface area contributed by atoms with E-state index in [0.29, 0.717) is 31.2 Å². The summed E-state index contributed by atoms with van der Waals surface area (Å²) in [5, 5.41) is 0. The Morgan fingerprint density at radius 1 is 0.758 bits per heavy atom. The largest absolute Gasteiger partial charge is 0.339 e. The van der Waals surface area contributed by atoms with E-state index >= 15 is 0 Å². The van der Waals surface area contributed by atoms with Crippen molar-refractivity contribution in [3.63, 3.8) is 0 Å². The van der Waals surface area contributed by atoms with Gasteiger partial charge in [-0.3, -0.25) is 9.59 Å². The van der Waals surface area contributed by atoms with E-state index in [4.69, 9.17) is 0 Å². The maximum Gasteiger partial charge on any atom is 0.223 e. The van der Waals surface area contributed by atoms with Gasteiger partial charge >= 0.3 is 0 Å². The van der Waals surface area contributed by atoms with Crippen molar-refractivity contribution in [1.82, 2.24) is 9.80 Å². The molecule has 2 aromatic rings. The Morgan fingerprint density at radius 3 is 2.30 bits per heavy atom. The summed E-state index contributed by atoms with van der Waals surface area (Å²) in [7, 11) is 0.